The molecule has 0 radical (unpaired) electrons. The second-order valence-corrected chi connectivity index (χ2v) is 7.54. The number of fused-ring (bicyclic) bond motifs is 1. The summed E-state index contributed by atoms with van der Waals surface area (Å²) in [6.07, 6.45) is -0.586. The molecule has 9 heteroatoms. The Balaban J connectivity index is 2.04. The van der Waals surface area contributed by atoms with Gasteiger partial charge in [0.25, 0.3) is 5.91 Å². The van der Waals surface area contributed by atoms with Crippen LogP contribution in [0.5, 0.6) is 5.75 Å². The van der Waals surface area contributed by atoms with Gasteiger partial charge in [-0.2, -0.15) is 0 Å². The SMILES string of the molecule is CC(C)NC(=O)CCNS(=O)(=O)c1ccc2c(c1)NC(=O)[C@@H](C)O2. The Labute approximate surface area is 141 Å². The van der Waals surface area contributed by atoms with Gasteiger partial charge in [0, 0.05) is 19.0 Å². The quantitative estimate of drug-likeness (QED) is 0.691. The zero-order valence-electron chi connectivity index (χ0n) is 13.8. The van der Waals surface area contributed by atoms with Crippen molar-refractivity contribution in [2.24, 2.45) is 0 Å². The van der Waals surface area contributed by atoms with Crippen LogP contribution in [0.15, 0.2) is 23.1 Å². The lowest BCUT2D eigenvalue weighted by Crippen LogP contribution is -2.35. The molecule has 0 bridgehead atoms. The highest BCUT2D eigenvalue weighted by Gasteiger charge is 2.25. The third-order valence-electron chi connectivity index (χ3n) is 3.29. The van der Waals surface area contributed by atoms with Crippen LogP contribution in [0.25, 0.3) is 0 Å². The zero-order chi connectivity index (χ0) is 17.9. The summed E-state index contributed by atoms with van der Waals surface area (Å²) < 4.78 is 32.3. The van der Waals surface area contributed by atoms with Gasteiger partial charge >= 0.3 is 0 Å². The Bertz CT molecular complexity index is 745. The van der Waals surface area contributed by atoms with Crippen LogP contribution >= 0.6 is 0 Å². The lowest BCUT2D eigenvalue weighted by atomic mass is 10.2. The van der Waals surface area contributed by atoms with Crippen LogP contribution < -0.4 is 20.1 Å². The molecule has 0 fully saturated rings. The molecule has 0 unspecified atom stereocenters. The molecular weight excluding hydrogens is 334 g/mol. The molecule has 1 aliphatic heterocycles. The van der Waals surface area contributed by atoms with E-state index in [2.05, 4.69) is 15.4 Å². The van der Waals surface area contributed by atoms with E-state index in [1.165, 1.54) is 18.2 Å². The molecule has 0 saturated heterocycles. The largest absolute Gasteiger partial charge is 0.479 e. The van der Waals surface area contributed by atoms with E-state index in [0.717, 1.165) is 0 Å². The number of nitrogens with one attached hydrogen (secondary N) is 3. The maximum Gasteiger partial charge on any atom is 0.265 e. The minimum absolute atomic E-state index is 0.000700. The summed E-state index contributed by atoms with van der Waals surface area (Å²) in [7, 11) is -3.79. The minimum atomic E-state index is -3.79. The molecule has 0 spiro atoms. The zero-order valence-corrected chi connectivity index (χ0v) is 14.6. The molecule has 0 aliphatic carbocycles. The van der Waals surface area contributed by atoms with E-state index in [4.69, 9.17) is 4.74 Å². The first-order valence-corrected chi connectivity index (χ1v) is 9.08. The number of ether oxygens (including phenoxy) is 1. The second-order valence-electron chi connectivity index (χ2n) is 5.78. The van der Waals surface area contributed by atoms with E-state index >= 15 is 0 Å². The third-order valence-corrected chi connectivity index (χ3v) is 4.74. The number of amides is 2. The van der Waals surface area contributed by atoms with Crippen molar-refractivity contribution in [3.63, 3.8) is 0 Å². The topological polar surface area (TPSA) is 114 Å². The van der Waals surface area contributed by atoms with Crippen molar-refractivity contribution >= 4 is 27.5 Å². The van der Waals surface area contributed by atoms with Crippen LogP contribution in [-0.4, -0.2) is 38.9 Å². The number of anilines is 1. The lowest BCUT2D eigenvalue weighted by Gasteiger charge is -2.23. The number of benzene rings is 1. The molecule has 0 aromatic heterocycles. The van der Waals surface area contributed by atoms with Gasteiger partial charge in [0.05, 0.1) is 10.6 Å². The molecule has 1 aliphatic rings. The van der Waals surface area contributed by atoms with Crippen molar-refractivity contribution in [2.45, 2.75) is 44.2 Å². The maximum absolute atomic E-state index is 12.3. The average molecular weight is 355 g/mol. The summed E-state index contributed by atoms with van der Waals surface area (Å²) in [5.74, 6) is -0.152. The standard InChI is InChI=1S/C15H21N3O5S/c1-9(2)17-14(19)6-7-16-24(21,22)11-4-5-13-12(8-11)18-15(20)10(3)23-13/h4-5,8-10,16H,6-7H2,1-3H3,(H,17,19)(H,18,20)/t10-/m1/s1. The van der Waals surface area contributed by atoms with Crippen LogP contribution in [0.3, 0.4) is 0 Å². The summed E-state index contributed by atoms with van der Waals surface area (Å²) in [6, 6.07) is 4.21. The molecular formula is C15H21N3O5S. The monoisotopic (exact) mass is 355 g/mol. The van der Waals surface area contributed by atoms with Crippen molar-refractivity contribution in [1.29, 1.82) is 0 Å². The number of hydrogen-bond acceptors (Lipinski definition) is 5. The smallest absolute Gasteiger partial charge is 0.265 e. The number of hydrogen-bond donors (Lipinski definition) is 3. The van der Waals surface area contributed by atoms with Gasteiger partial charge in [-0.15, -0.1) is 0 Å². The van der Waals surface area contributed by atoms with Crippen LogP contribution in [0.4, 0.5) is 5.69 Å². The van der Waals surface area contributed by atoms with Gasteiger partial charge < -0.3 is 15.4 Å². The predicted octanol–water partition coefficient (Wildman–Crippen LogP) is 0.599. The lowest BCUT2D eigenvalue weighted by molar-refractivity contribution is -0.123. The van der Waals surface area contributed by atoms with Gasteiger partial charge in [-0.05, 0) is 39.0 Å². The Morgan fingerprint density at radius 1 is 1.38 bits per heavy atom. The number of carbonyl (C=O) groups excluding carboxylic acids is 2. The summed E-state index contributed by atoms with van der Waals surface area (Å²) in [5, 5.41) is 5.28. The van der Waals surface area contributed by atoms with Gasteiger partial charge in [-0.1, -0.05) is 0 Å². The molecule has 1 aromatic rings. The van der Waals surface area contributed by atoms with E-state index in [-0.39, 0.29) is 35.7 Å². The van der Waals surface area contributed by atoms with Gasteiger partial charge in [0.15, 0.2) is 6.10 Å². The van der Waals surface area contributed by atoms with Crippen LogP contribution in [0, 0.1) is 0 Å². The molecule has 132 valence electrons. The highest BCUT2D eigenvalue weighted by molar-refractivity contribution is 7.89. The first-order valence-electron chi connectivity index (χ1n) is 7.59. The first-order chi connectivity index (χ1) is 11.2. The molecule has 0 saturated carbocycles. The van der Waals surface area contributed by atoms with Crippen molar-refractivity contribution < 1.29 is 22.7 Å². The van der Waals surface area contributed by atoms with Gasteiger partial charge in [-0.25, -0.2) is 13.1 Å². The summed E-state index contributed by atoms with van der Waals surface area (Å²) in [6.45, 7) is 5.24. The Hall–Kier alpha value is -2.13. The molecule has 1 heterocycles. The molecule has 3 N–H and O–H groups in total. The molecule has 1 atom stereocenters. The van der Waals surface area contributed by atoms with Crippen LogP contribution in [0.1, 0.15) is 27.2 Å². The van der Waals surface area contributed by atoms with Crippen molar-refractivity contribution in [3.8, 4) is 5.75 Å². The third kappa shape index (κ3) is 4.45. The van der Waals surface area contributed by atoms with E-state index < -0.39 is 16.1 Å². The molecule has 24 heavy (non-hydrogen) atoms. The van der Waals surface area contributed by atoms with E-state index in [0.29, 0.717) is 11.4 Å². The summed E-state index contributed by atoms with van der Waals surface area (Å²) in [4.78, 5) is 23.1. The van der Waals surface area contributed by atoms with E-state index in [1.54, 1.807) is 6.92 Å². The number of sulfonamides is 1. The molecule has 2 amide bonds. The van der Waals surface area contributed by atoms with Gasteiger partial charge in [-0.3, -0.25) is 9.59 Å². The number of carbonyl (C=O) groups is 2. The van der Waals surface area contributed by atoms with Gasteiger partial charge in [0.2, 0.25) is 15.9 Å². The van der Waals surface area contributed by atoms with E-state index in [9.17, 15) is 18.0 Å². The summed E-state index contributed by atoms with van der Waals surface area (Å²) in [5.41, 5.74) is 0.304. The Morgan fingerprint density at radius 2 is 2.08 bits per heavy atom. The highest BCUT2D eigenvalue weighted by Crippen LogP contribution is 2.31. The predicted molar refractivity (Wildman–Crippen MR) is 88.2 cm³/mol. The molecule has 1 aromatic carbocycles. The van der Waals surface area contributed by atoms with Crippen molar-refractivity contribution in [3.05, 3.63) is 18.2 Å². The maximum atomic E-state index is 12.3. The number of rotatable bonds is 6. The Kier molecular flexibility index (Phi) is 5.45. The highest BCUT2D eigenvalue weighted by atomic mass is 32.2. The first kappa shape index (κ1) is 18.2. The fraction of sp³-hybridized carbons (Fsp3) is 0.467. The fourth-order valence-electron chi connectivity index (χ4n) is 2.13. The average Bonchev–Trinajstić information content (AvgIpc) is 2.47. The second kappa shape index (κ2) is 7.18. The summed E-state index contributed by atoms with van der Waals surface area (Å²) >= 11 is 0. The fourth-order valence-corrected chi connectivity index (χ4v) is 3.19. The van der Waals surface area contributed by atoms with E-state index in [1.807, 2.05) is 13.8 Å². The van der Waals surface area contributed by atoms with Crippen LogP contribution in [0.2, 0.25) is 0 Å². The van der Waals surface area contributed by atoms with Crippen molar-refractivity contribution in [2.75, 3.05) is 11.9 Å². The minimum Gasteiger partial charge on any atom is -0.479 e. The molecule has 8 nitrogen and oxygen atoms in total. The van der Waals surface area contributed by atoms with Crippen LogP contribution in [-0.2, 0) is 19.6 Å². The normalized spacial score (nSPS) is 17.0. The Morgan fingerprint density at radius 3 is 2.75 bits per heavy atom. The molecule has 2 rings (SSSR count). The van der Waals surface area contributed by atoms with Gasteiger partial charge in [0.1, 0.15) is 5.75 Å². The van der Waals surface area contributed by atoms with Crippen molar-refractivity contribution in [1.82, 2.24) is 10.0 Å².